The first-order valence-corrected chi connectivity index (χ1v) is 8.61. The maximum absolute atomic E-state index is 13.3. The number of alkyl halides is 3. The minimum Gasteiger partial charge on any atom is -0.348 e. The van der Waals surface area contributed by atoms with Crippen LogP contribution in [0.5, 0.6) is 0 Å². The van der Waals surface area contributed by atoms with E-state index in [1.54, 1.807) is 23.3 Å². The molecule has 148 valence electrons. The molecule has 3 heterocycles. The van der Waals surface area contributed by atoms with Crippen LogP contribution < -0.4 is 5.32 Å². The van der Waals surface area contributed by atoms with Crippen LogP contribution in [0, 0.1) is 6.92 Å². The van der Waals surface area contributed by atoms with Gasteiger partial charge in [0.1, 0.15) is 11.3 Å². The van der Waals surface area contributed by atoms with E-state index < -0.39 is 17.8 Å². The molecule has 0 aliphatic carbocycles. The van der Waals surface area contributed by atoms with Gasteiger partial charge in [-0.2, -0.15) is 18.3 Å². The van der Waals surface area contributed by atoms with Crippen molar-refractivity contribution in [3.8, 4) is 5.69 Å². The largest absolute Gasteiger partial charge is 0.433 e. The van der Waals surface area contributed by atoms with Gasteiger partial charge in [-0.3, -0.25) is 4.79 Å². The first-order chi connectivity index (χ1) is 13.8. The quantitative estimate of drug-likeness (QED) is 0.571. The Morgan fingerprint density at radius 3 is 2.76 bits per heavy atom. The summed E-state index contributed by atoms with van der Waals surface area (Å²) in [4.78, 5) is 20.7. The summed E-state index contributed by atoms with van der Waals surface area (Å²) in [6, 6.07) is 8.30. The number of benzene rings is 1. The number of amides is 1. The number of rotatable bonds is 4. The fourth-order valence-corrected chi connectivity index (χ4v) is 3.03. The molecule has 0 aliphatic rings. The minimum atomic E-state index is -4.62. The lowest BCUT2D eigenvalue weighted by Crippen LogP contribution is -2.24. The monoisotopic (exact) mass is 400 g/mol. The van der Waals surface area contributed by atoms with Crippen molar-refractivity contribution in [2.24, 2.45) is 0 Å². The van der Waals surface area contributed by atoms with Gasteiger partial charge in [0.15, 0.2) is 5.65 Å². The summed E-state index contributed by atoms with van der Waals surface area (Å²) in [5.41, 5.74) is 0.639. The molecule has 0 fully saturated rings. The standard InChI is InChI=1S/C19H15F3N6O/c1-12-8-16(19(20,21)22)28-17(26-12)14(10-25-28)18(29)24-9-13-4-2-3-5-15(13)27-7-6-23-11-27/h2-8,10-11H,9H2,1H3,(H,24,29). The fourth-order valence-electron chi connectivity index (χ4n) is 3.03. The zero-order valence-corrected chi connectivity index (χ0v) is 15.2. The molecule has 0 saturated carbocycles. The van der Waals surface area contributed by atoms with Gasteiger partial charge in [-0.1, -0.05) is 18.2 Å². The highest BCUT2D eigenvalue weighted by Gasteiger charge is 2.35. The number of carbonyl (C=O) groups is 1. The van der Waals surface area contributed by atoms with Gasteiger partial charge in [0, 0.05) is 24.6 Å². The third-order valence-electron chi connectivity index (χ3n) is 4.35. The number of aromatic nitrogens is 5. The van der Waals surface area contributed by atoms with E-state index in [-0.39, 0.29) is 23.4 Å². The predicted octanol–water partition coefficient (Wildman–Crippen LogP) is 3.17. The van der Waals surface area contributed by atoms with Crippen LogP contribution in [-0.4, -0.2) is 30.1 Å². The van der Waals surface area contributed by atoms with Crippen molar-refractivity contribution in [2.75, 3.05) is 0 Å². The third kappa shape index (κ3) is 3.56. The van der Waals surface area contributed by atoms with Crippen LogP contribution in [0.15, 0.2) is 55.2 Å². The van der Waals surface area contributed by atoms with Gasteiger partial charge in [-0.05, 0) is 24.6 Å². The van der Waals surface area contributed by atoms with E-state index in [0.717, 1.165) is 23.5 Å². The molecule has 4 rings (SSSR count). The molecule has 0 saturated heterocycles. The van der Waals surface area contributed by atoms with Gasteiger partial charge >= 0.3 is 6.18 Å². The van der Waals surface area contributed by atoms with E-state index in [1.165, 1.54) is 6.92 Å². The van der Waals surface area contributed by atoms with Crippen molar-refractivity contribution >= 4 is 11.6 Å². The fraction of sp³-hybridized carbons (Fsp3) is 0.158. The average Bonchev–Trinajstić information content (AvgIpc) is 3.35. The lowest BCUT2D eigenvalue weighted by Gasteiger charge is -2.11. The van der Waals surface area contributed by atoms with Gasteiger partial charge in [0.2, 0.25) is 0 Å². The summed E-state index contributed by atoms with van der Waals surface area (Å²) < 4.78 is 42.2. The minimum absolute atomic E-state index is 0.0284. The van der Waals surface area contributed by atoms with Crippen LogP contribution in [0.1, 0.15) is 27.3 Å². The Hall–Kier alpha value is -3.69. The number of nitrogens with one attached hydrogen (secondary N) is 1. The Morgan fingerprint density at radius 1 is 1.24 bits per heavy atom. The summed E-state index contributed by atoms with van der Waals surface area (Å²) in [7, 11) is 0. The molecule has 0 aliphatic heterocycles. The molecule has 0 radical (unpaired) electrons. The smallest absolute Gasteiger partial charge is 0.348 e. The van der Waals surface area contributed by atoms with E-state index in [2.05, 4.69) is 20.4 Å². The second kappa shape index (κ2) is 7.04. The molecule has 29 heavy (non-hydrogen) atoms. The SMILES string of the molecule is Cc1cc(C(F)(F)F)n2ncc(C(=O)NCc3ccccc3-n3ccnc3)c2n1. The lowest BCUT2D eigenvalue weighted by molar-refractivity contribution is -0.142. The predicted molar refractivity (Wildman–Crippen MR) is 97.5 cm³/mol. The Morgan fingerprint density at radius 2 is 2.03 bits per heavy atom. The number of halogens is 3. The van der Waals surface area contributed by atoms with Crippen LogP contribution in [0.3, 0.4) is 0 Å². The molecule has 3 aromatic heterocycles. The number of para-hydroxylation sites is 1. The van der Waals surface area contributed by atoms with Gasteiger partial charge in [0.25, 0.3) is 5.91 Å². The zero-order valence-electron chi connectivity index (χ0n) is 15.2. The molecule has 4 aromatic rings. The van der Waals surface area contributed by atoms with E-state index in [1.807, 2.05) is 24.3 Å². The van der Waals surface area contributed by atoms with Crippen LogP contribution in [0.25, 0.3) is 11.3 Å². The summed E-state index contributed by atoms with van der Waals surface area (Å²) >= 11 is 0. The maximum Gasteiger partial charge on any atom is 0.433 e. The Balaban J connectivity index is 1.63. The summed E-state index contributed by atoms with van der Waals surface area (Å²) in [5, 5.41) is 6.45. The number of hydrogen-bond acceptors (Lipinski definition) is 4. The summed E-state index contributed by atoms with van der Waals surface area (Å²) in [6.45, 7) is 1.60. The normalized spacial score (nSPS) is 11.7. The molecule has 1 amide bonds. The second-order valence-electron chi connectivity index (χ2n) is 6.36. The second-order valence-corrected chi connectivity index (χ2v) is 6.36. The van der Waals surface area contributed by atoms with E-state index in [4.69, 9.17) is 0 Å². The highest BCUT2D eigenvalue weighted by atomic mass is 19.4. The van der Waals surface area contributed by atoms with Crippen LogP contribution >= 0.6 is 0 Å². The van der Waals surface area contributed by atoms with Crippen molar-refractivity contribution < 1.29 is 18.0 Å². The lowest BCUT2D eigenvalue weighted by atomic mass is 10.1. The zero-order chi connectivity index (χ0) is 20.6. The molecule has 1 aromatic carbocycles. The summed E-state index contributed by atoms with van der Waals surface area (Å²) in [5.74, 6) is -0.563. The number of carbonyl (C=O) groups excluding carboxylic acids is 1. The molecule has 10 heteroatoms. The number of fused-ring (bicyclic) bond motifs is 1. The molecule has 0 bridgehead atoms. The maximum atomic E-state index is 13.3. The molecule has 1 N–H and O–H groups in total. The first-order valence-electron chi connectivity index (χ1n) is 8.61. The van der Waals surface area contributed by atoms with E-state index in [9.17, 15) is 18.0 Å². The molecule has 0 spiro atoms. The Labute approximate surface area is 162 Å². The van der Waals surface area contributed by atoms with Gasteiger partial charge in [0.05, 0.1) is 18.2 Å². The molecule has 7 nitrogen and oxygen atoms in total. The highest BCUT2D eigenvalue weighted by molar-refractivity contribution is 5.99. The van der Waals surface area contributed by atoms with Crippen molar-refractivity contribution in [2.45, 2.75) is 19.6 Å². The van der Waals surface area contributed by atoms with Gasteiger partial charge in [-0.15, -0.1) is 0 Å². The van der Waals surface area contributed by atoms with Crippen molar-refractivity contribution in [1.29, 1.82) is 0 Å². The van der Waals surface area contributed by atoms with Crippen molar-refractivity contribution in [1.82, 2.24) is 29.5 Å². The molecular weight excluding hydrogens is 385 g/mol. The van der Waals surface area contributed by atoms with Crippen LogP contribution in [0.4, 0.5) is 13.2 Å². The highest BCUT2D eigenvalue weighted by Crippen LogP contribution is 2.30. The first kappa shape index (κ1) is 18.7. The van der Waals surface area contributed by atoms with E-state index >= 15 is 0 Å². The van der Waals surface area contributed by atoms with Gasteiger partial charge in [-0.25, -0.2) is 14.5 Å². The molecular formula is C19H15F3N6O. The number of nitrogens with zero attached hydrogens (tertiary/aromatic N) is 5. The Kier molecular flexibility index (Phi) is 4.53. The van der Waals surface area contributed by atoms with Crippen LogP contribution in [-0.2, 0) is 12.7 Å². The number of imidazole rings is 1. The molecule has 0 unspecified atom stereocenters. The number of hydrogen-bond donors (Lipinski definition) is 1. The van der Waals surface area contributed by atoms with Gasteiger partial charge < -0.3 is 9.88 Å². The van der Waals surface area contributed by atoms with Crippen molar-refractivity contribution in [3.63, 3.8) is 0 Å². The Bertz CT molecular complexity index is 1180. The molecule has 0 atom stereocenters. The average molecular weight is 400 g/mol. The number of aryl methyl sites for hydroxylation is 1. The topological polar surface area (TPSA) is 77.1 Å². The summed E-state index contributed by atoms with van der Waals surface area (Å²) in [6.07, 6.45) is 1.53. The van der Waals surface area contributed by atoms with Crippen molar-refractivity contribution in [3.05, 3.63) is 77.8 Å². The third-order valence-corrected chi connectivity index (χ3v) is 4.35. The van der Waals surface area contributed by atoms with Crippen LogP contribution in [0.2, 0.25) is 0 Å². The van der Waals surface area contributed by atoms with E-state index in [0.29, 0.717) is 4.52 Å².